The molecule has 3 aromatic rings. The largest absolute Gasteiger partial charge is 0.323 e. The van der Waals surface area contributed by atoms with Crippen molar-refractivity contribution < 1.29 is 4.79 Å². The Morgan fingerprint density at radius 2 is 1.96 bits per heavy atom. The molecule has 0 fully saturated rings. The van der Waals surface area contributed by atoms with E-state index in [4.69, 9.17) is 11.6 Å². The maximum absolute atomic E-state index is 12.4. The van der Waals surface area contributed by atoms with E-state index < -0.39 is 0 Å². The molecule has 1 amide bonds. The zero-order valence-corrected chi connectivity index (χ0v) is 15.1. The zero-order valence-electron chi connectivity index (χ0n) is 13.5. The fraction of sp³-hybridized carbons (Fsp3) is 0.222. The lowest BCUT2D eigenvalue weighted by Crippen LogP contribution is -2.39. The molecule has 1 atom stereocenters. The van der Waals surface area contributed by atoms with Crippen LogP contribution in [0.25, 0.3) is 10.2 Å². The molecule has 2 aromatic carbocycles. The Morgan fingerprint density at radius 3 is 2.71 bits per heavy atom. The van der Waals surface area contributed by atoms with Gasteiger partial charge in [0.1, 0.15) is 5.01 Å². The molecular weight excluding hydrogens is 342 g/mol. The number of carbonyl (C=O) groups excluding carboxylic acids is 1. The molecule has 1 N–H and O–H groups in total. The second-order valence-corrected chi connectivity index (χ2v) is 7.16. The van der Waals surface area contributed by atoms with E-state index in [2.05, 4.69) is 16.4 Å². The van der Waals surface area contributed by atoms with Crippen molar-refractivity contribution in [2.45, 2.75) is 19.5 Å². The van der Waals surface area contributed by atoms with Crippen molar-refractivity contribution in [1.29, 1.82) is 0 Å². The van der Waals surface area contributed by atoms with Gasteiger partial charge in [-0.3, -0.25) is 9.69 Å². The number of fused-ring (bicyclic) bond motifs is 1. The molecule has 4 nitrogen and oxygen atoms in total. The van der Waals surface area contributed by atoms with Crippen LogP contribution >= 0.6 is 22.9 Å². The van der Waals surface area contributed by atoms with Crippen molar-refractivity contribution >= 4 is 44.7 Å². The third-order valence-electron chi connectivity index (χ3n) is 3.90. The number of nitrogens with one attached hydrogen (secondary N) is 1. The van der Waals surface area contributed by atoms with Gasteiger partial charge in [-0.2, -0.15) is 0 Å². The Balaban J connectivity index is 1.66. The highest BCUT2D eigenvalue weighted by Gasteiger charge is 2.20. The Morgan fingerprint density at radius 1 is 1.25 bits per heavy atom. The van der Waals surface area contributed by atoms with Gasteiger partial charge in [-0.15, -0.1) is 11.3 Å². The first-order valence-corrected chi connectivity index (χ1v) is 8.84. The standard InChI is InChI=1S/C18H18ClN3OS/c1-12(18(23)21-14-8-4-3-7-13(14)19)22(2)11-17-20-15-9-5-6-10-16(15)24-17/h3-10,12H,11H2,1-2H3,(H,21,23). The summed E-state index contributed by atoms with van der Waals surface area (Å²) in [5, 5.41) is 4.40. The summed E-state index contributed by atoms with van der Waals surface area (Å²) in [7, 11) is 1.92. The lowest BCUT2D eigenvalue weighted by Gasteiger charge is -2.23. The summed E-state index contributed by atoms with van der Waals surface area (Å²) in [5.41, 5.74) is 1.63. The smallest absolute Gasteiger partial charge is 0.241 e. The quantitative estimate of drug-likeness (QED) is 0.734. The monoisotopic (exact) mass is 359 g/mol. The van der Waals surface area contributed by atoms with E-state index in [1.165, 1.54) is 0 Å². The Hall–Kier alpha value is -1.95. The minimum absolute atomic E-state index is 0.0910. The molecule has 0 aliphatic heterocycles. The van der Waals surface area contributed by atoms with Crippen LogP contribution in [0, 0.1) is 0 Å². The predicted molar refractivity (Wildman–Crippen MR) is 101 cm³/mol. The molecule has 0 radical (unpaired) electrons. The van der Waals surface area contributed by atoms with Crippen molar-refractivity contribution in [3.8, 4) is 0 Å². The van der Waals surface area contributed by atoms with E-state index in [0.29, 0.717) is 17.3 Å². The van der Waals surface area contributed by atoms with Crippen LogP contribution in [0.3, 0.4) is 0 Å². The average Bonchev–Trinajstić information content (AvgIpc) is 2.98. The predicted octanol–water partition coefficient (Wildman–Crippen LogP) is 4.41. The molecule has 0 aliphatic carbocycles. The van der Waals surface area contributed by atoms with Crippen molar-refractivity contribution in [3.63, 3.8) is 0 Å². The van der Waals surface area contributed by atoms with Crippen molar-refractivity contribution in [3.05, 3.63) is 58.6 Å². The van der Waals surface area contributed by atoms with Gasteiger partial charge in [0.2, 0.25) is 5.91 Å². The first kappa shape index (κ1) is 16.9. The fourth-order valence-electron chi connectivity index (χ4n) is 2.34. The normalized spacial score (nSPS) is 12.5. The van der Waals surface area contributed by atoms with E-state index in [9.17, 15) is 4.79 Å². The topological polar surface area (TPSA) is 45.2 Å². The lowest BCUT2D eigenvalue weighted by atomic mass is 10.2. The highest BCUT2D eigenvalue weighted by Crippen LogP contribution is 2.24. The van der Waals surface area contributed by atoms with Crippen LogP contribution in [0.1, 0.15) is 11.9 Å². The summed E-state index contributed by atoms with van der Waals surface area (Å²) in [6, 6.07) is 15.0. The Labute approximate surface area is 150 Å². The van der Waals surface area contributed by atoms with Gasteiger partial charge in [-0.05, 0) is 38.2 Å². The molecule has 0 saturated heterocycles. The van der Waals surface area contributed by atoms with E-state index in [-0.39, 0.29) is 11.9 Å². The summed E-state index contributed by atoms with van der Waals surface area (Å²) >= 11 is 7.75. The van der Waals surface area contributed by atoms with Gasteiger partial charge in [0, 0.05) is 0 Å². The molecule has 0 aliphatic rings. The van der Waals surface area contributed by atoms with Crippen LogP contribution in [0.5, 0.6) is 0 Å². The molecule has 3 rings (SSSR count). The number of hydrogen-bond donors (Lipinski definition) is 1. The number of amides is 1. The van der Waals surface area contributed by atoms with Crippen LogP contribution in [0.15, 0.2) is 48.5 Å². The van der Waals surface area contributed by atoms with Gasteiger partial charge in [0.15, 0.2) is 0 Å². The highest BCUT2D eigenvalue weighted by atomic mass is 35.5. The second kappa shape index (κ2) is 7.30. The minimum Gasteiger partial charge on any atom is -0.323 e. The van der Waals surface area contributed by atoms with E-state index in [1.54, 1.807) is 23.5 Å². The maximum atomic E-state index is 12.4. The molecule has 1 unspecified atom stereocenters. The number of anilines is 1. The first-order valence-electron chi connectivity index (χ1n) is 7.64. The molecule has 0 spiro atoms. The van der Waals surface area contributed by atoms with Crippen molar-refractivity contribution in [1.82, 2.24) is 9.88 Å². The number of likely N-dealkylation sites (N-methyl/N-ethyl adjacent to an activating group) is 1. The average molecular weight is 360 g/mol. The van der Waals surface area contributed by atoms with Gasteiger partial charge >= 0.3 is 0 Å². The number of halogens is 1. The SMILES string of the molecule is CC(C(=O)Nc1ccccc1Cl)N(C)Cc1nc2ccccc2s1. The molecule has 124 valence electrons. The molecule has 1 heterocycles. The van der Waals surface area contributed by atoms with Crippen LogP contribution in [-0.2, 0) is 11.3 Å². The van der Waals surface area contributed by atoms with Crippen molar-refractivity contribution in [2.75, 3.05) is 12.4 Å². The van der Waals surface area contributed by atoms with Crippen LogP contribution in [-0.4, -0.2) is 28.9 Å². The number of thiazole rings is 1. The summed E-state index contributed by atoms with van der Waals surface area (Å²) in [6.07, 6.45) is 0. The van der Waals surface area contributed by atoms with Crippen LogP contribution in [0.4, 0.5) is 5.69 Å². The van der Waals surface area contributed by atoms with Gasteiger partial charge < -0.3 is 5.32 Å². The minimum atomic E-state index is -0.298. The Bertz CT molecular complexity index is 831. The number of carbonyl (C=O) groups is 1. The summed E-state index contributed by atoms with van der Waals surface area (Å²) in [4.78, 5) is 19.0. The number of hydrogen-bond acceptors (Lipinski definition) is 4. The molecule has 0 bridgehead atoms. The summed E-state index contributed by atoms with van der Waals surface area (Å²) in [6.45, 7) is 2.50. The number of benzene rings is 2. The maximum Gasteiger partial charge on any atom is 0.241 e. The van der Waals surface area contributed by atoms with E-state index >= 15 is 0 Å². The third kappa shape index (κ3) is 3.75. The Kier molecular flexibility index (Phi) is 5.14. The molecular formula is C18H18ClN3OS. The van der Waals surface area contributed by atoms with Gasteiger partial charge in [0.05, 0.1) is 33.5 Å². The zero-order chi connectivity index (χ0) is 17.1. The fourth-order valence-corrected chi connectivity index (χ4v) is 3.55. The third-order valence-corrected chi connectivity index (χ3v) is 5.25. The van der Waals surface area contributed by atoms with Gasteiger partial charge in [0.25, 0.3) is 0 Å². The lowest BCUT2D eigenvalue weighted by molar-refractivity contribution is -0.120. The first-order chi connectivity index (χ1) is 11.5. The number of para-hydroxylation sites is 2. The molecule has 24 heavy (non-hydrogen) atoms. The molecule has 1 aromatic heterocycles. The van der Waals surface area contributed by atoms with Crippen molar-refractivity contribution in [2.24, 2.45) is 0 Å². The van der Waals surface area contributed by atoms with Crippen LogP contribution < -0.4 is 5.32 Å². The van der Waals surface area contributed by atoms with E-state index in [1.807, 2.05) is 49.2 Å². The highest BCUT2D eigenvalue weighted by molar-refractivity contribution is 7.18. The summed E-state index contributed by atoms with van der Waals surface area (Å²) < 4.78 is 1.16. The summed E-state index contributed by atoms with van der Waals surface area (Å²) in [5.74, 6) is -0.0910. The molecule has 6 heteroatoms. The number of aromatic nitrogens is 1. The number of rotatable bonds is 5. The van der Waals surface area contributed by atoms with Crippen LogP contribution in [0.2, 0.25) is 5.02 Å². The van der Waals surface area contributed by atoms with Gasteiger partial charge in [-0.1, -0.05) is 35.9 Å². The second-order valence-electron chi connectivity index (χ2n) is 5.64. The molecule has 0 saturated carbocycles. The van der Waals surface area contributed by atoms with Gasteiger partial charge in [-0.25, -0.2) is 4.98 Å². The number of nitrogens with zero attached hydrogens (tertiary/aromatic N) is 2. The van der Waals surface area contributed by atoms with E-state index in [0.717, 1.165) is 15.2 Å².